The van der Waals surface area contributed by atoms with Crippen molar-refractivity contribution in [2.75, 3.05) is 20.1 Å². The van der Waals surface area contributed by atoms with Crippen molar-refractivity contribution in [2.24, 2.45) is 0 Å². The van der Waals surface area contributed by atoms with E-state index in [0.29, 0.717) is 24.8 Å². The Morgan fingerprint density at radius 2 is 2.17 bits per heavy atom. The van der Waals surface area contributed by atoms with Gasteiger partial charge in [-0.15, -0.1) is 0 Å². The third-order valence-electron chi connectivity index (χ3n) is 2.95. The van der Waals surface area contributed by atoms with Crippen LogP contribution >= 0.6 is 11.3 Å². The number of likely N-dealkylation sites (N-methyl/N-ethyl adjacent to an activating group) is 1. The number of sulfonamides is 1. The van der Waals surface area contributed by atoms with Gasteiger partial charge in [-0.1, -0.05) is 11.3 Å². The second-order valence-electron chi connectivity index (χ2n) is 4.54. The number of hydrogen-bond acceptors (Lipinski definition) is 5. The molecule has 1 aromatic heterocycles. The number of aromatic amines is 1. The van der Waals surface area contributed by atoms with E-state index >= 15 is 0 Å². The van der Waals surface area contributed by atoms with Crippen molar-refractivity contribution < 1.29 is 8.42 Å². The topological polar surface area (TPSA) is 82.3 Å². The molecule has 0 unspecified atom stereocenters. The van der Waals surface area contributed by atoms with E-state index in [9.17, 15) is 13.2 Å². The molecule has 102 valence electrons. The number of hydrogen-bond donors (Lipinski definition) is 2. The lowest BCUT2D eigenvalue weighted by Gasteiger charge is -2.15. The Hall–Kier alpha value is -0.700. The minimum absolute atomic E-state index is 0.0848. The van der Waals surface area contributed by atoms with E-state index in [1.165, 1.54) is 12.8 Å². The highest BCUT2D eigenvalue weighted by Crippen LogP contribution is 2.24. The molecule has 2 rings (SSSR count). The molecule has 1 aliphatic carbocycles. The van der Waals surface area contributed by atoms with Gasteiger partial charge in [0.25, 0.3) is 10.0 Å². The van der Waals surface area contributed by atoms with Crippen LogP contribution in [0.25, 0.3) is 0 Å². The molecule has 0 saturated heterocycles. The molecule has 1 saturated carbocycles. The Balaban J connectivity index is 1.94. The van der Waals surface area contributed by atoms with E-state index in [4.69, 9.17) is 0 Å². The number of thiazole rings is 1. The second kappa shape index (κ2) is 5.12. The number of rotatable bonds is 6. The van der Waals surface area contributed by atoms with Gasteiger partial charge in [0.2, 0.25) is 0 Å². The Labute approximate surface area is 110 Å². The van der Waals surface area contributed by atoms with Crippen molar-refractivity contribution in [1.29, 1.82) is 0 Å². The molecule has 0 spiro atoms. The Kier molecular flexibility index (Phi) is 3.90. The van der Waals surface area contributed by atoms with Crippen LogP contribution in [0.5, 0.6) is 0 Å². The van der Waals surface area contributed by atoms with Crippen molar-refractivity contribution in [3.05, 3.63) is 15.4 Å². The standard InChI is InChI=1S/C10H17N3O3S2/c1-7-9(17-10(14)12-7)18(15,16)11-5-6-13(2)8-3-4-8/h8,11H,3-6H2,1-2H3,(H,12,14). The summed E-state index contributed by atoms with van der Waals surface area (Å²) in [5, 5.41) is 0. The minimum atomic E-state index is -3.56. The zero-order valence-electron chi connectivity index (χ0n) is 10.4. The van der Waals surface area contributed by atoms with Crippen molar-refractivity contribution >= 4 is 21.4 Å². The van der Waals surface area contributed by atoms with Gasteiger partial charge in [-0.2, -0.15) is 0 Å². The SMILES string of the molecule is Cc1[nH]c(=O)sc1S(=O)(=O)NCCN(C)C1CC1. The molecule has 1 fully saturated rings. The lowest BCUT2D eigenvalue weighted by Crippen LogP contribution is -2.33. The average molecular weight is 291 g/mol. The van der Waals surface area contributed by atoms with Crippen LogP contribution in [-0.4, -0.2) is 44.5 Å². The molecule has 1 aliphatic rings. The first kappa shape index (κ1) is 13.7. The first-order valence-corrected chi connectivity index (χ1v) is 8.10. The largest absolute Gasteiger partial charge is 0.315 e. The predicted molar refractivity (Wildman–Crippen MR) is 70.5 cm³/mol. The molecule has 1 heterocycles. The molecular formula is C10H17N3O3S2. The Morgan fingerprint density at radius 3 is 2.67 bits per heavy atom. The summed E-state index contributed by atoms with van der Waals surface area (Å²) in [6.07, 6.45) is 2.39. The van der Waals surface area contributed by atoms with Crippen molar-refractivity contribution in [2.45, 2.75) is 30.0 Å². The van der Waals surface area contributed by atoms with Crippen molar-refractivity contribution in [3.8, 4) is 0 Å². The minimum Gasteiger partial charge on any atom is -0.315 e. The number of nitrogens with zero attached hydrogens (tertiary/aromatic N) is 1. The lowest BCUT2D eigenvalue weighted by atomic mass is 10.5. The molecule has 8 heteroatoms. The molecule has 0 bridgehead atoms. The van der Waals surface area contributed by atoms with Crippen LogP contribution in [0, 0.1) is 6.92 Å². The lowest BCUT2D eigenvalue weighted by molar-refractivity contribution is 0.329. The van der Waals surface area contributed by atoms with Gasteiger partial charge in [0.1, 0.15) is 0 Å². The van der Waals surface area contributed by atoms with Gasteiger partial charge >= 0.3 is 4.87 Å². The van der Waals surface area contributed by atoms with Gasteiger partial charge in [0, 0.05) is 24.8 Å². The summed E-state index contributed by atoms with van der Waals surface area (Å²) >= 11 is 0.724. The van der Waals surface area contributed by atoms with Gasteiger partial charge in [0.05, 0.1) is 0 Å². The van der Waals surface area contributed by atoms with Crippen LogP contribution in [0.3, 0.4) is 0 Å². The van der Waals surface area contributed by atoms with Crippen LogP contribution in [0.2, 0.25) is 0 Å². The summed E-state index contributed by atoms with van der Waals surface area (Å²) in [7, 11) is -1.57. The maximum atomic E-state index is 12.0. The zero-order chi connectivity index (χ0) is 13.3. The van der Waals surface area contributed by atoms with Crippen LogP contribution in [-0.2, 0) is 10.0 Å². The maximum Gasteiger partial charge on any atom is 0.305 e. The number of aromatic nitrogens is 1. The fraction of sp³-hybridized carbons (Fsp3) is 0.700. The monoisotopic (exact) mass is 291 g/mol. The van der Waals surface area contributed by atoms with Crippen molar-refractivity contribution in [1.82, 2.24) is 14.6 Å². The predicted octanol–water partition coefficient (Wildman–Crippen LogP) is 0.117. The van der Waals surface area contributed by atoms with Gasteiger partial charge in [-0.3, -0.25) is 4.79 Å². The normalized spacial score (nSPS) is 16.4. The van der Waals surface area contributed by atoms with Gasteiger partial charge in [0.15, 0.2) is 4.21 Å². The zero-order valence-corrected chi connectivity index (χ0v) is 12.0. The second-order valence-corrected chi connectivity index (χ2v) is 7.48. The average Bonchev–Trinajstić information content (AvgIpc) is 3.04. The maximum absolute atomic E-state index is 12.0. The van der Waals surface area contributed by atoms with Crippen LogP contribution in [0.1, 0.15) is 18.5 Å². The molecule has 0 radical (unpaired) electrons. The summed E-state index contributed by atoms with van der Waals surface area (Å²) in [5.41, 5.74) is 0.396. The van der Waals surface area contributed by atoms with Gasteiger partial charge in [-0.25, -0.2) is 13.1 Å². The fourth-order valence-corrected chi connectivity index (χ4v) is 4.13. The molecule has 0 aliphatic heterocycles. The fourth-order valence-electron chi connectivity index (χ4n) is 1.77. The van der Waals surface area contributed by atoms with Gasteiger partial charge < -0.3 is 9.88 Å². The Morgan fingerprint density at radius 1 is 1.50 bits per heavy atom. The Bertz CT molecular complexity index is 571. The van der Waals surface area contributed by atoms with E-state index in [-0.39, 0.29) is 9.08 Å². The first-order chi connectivity index (χ1) is 8.40. The van der Waals surface area contributed by atoms with Crippen LogP contribution < -0.4 is 9.60 Å². The van der Waals surface area contributed by atoms with Crippen molar-refractivity contribution in [3.63, 3.8) is 0 Å². The third-order valence-corrected chi connectivity index (χ3v) is 6.02. The van der Waals surface area contributed by atoms with E-state index in [0.717, 1.165) is 11.3 Å². The molecule has 18 heavy (non-hydrogen) atoms. The summed E-state index contributed by atoms with van der Waals surface area (Å²) < 4.78 is 26.5. The highest BCUT2D eigenvalue weighted by Gasteiger charge is 2.26. The number of nitrogens with one attached hydrogen (secondary N) is 2. The molecule has 6 nitrogen and oxygen atoms in total. The summed E-state index contributed by atoms with van der Waals surface area (Å²) in [6.45, 7) is 2.63. The molecule has 0 aromatic carbocycles. The smallest absolute Gasteiger partial charge is 0.305 e. The van der Waals surface area contributed by atoms with E-state index in [2.05, 4.69) is 14.6 Å². The molecule has 1 aromatic rings. The van der Waals surface area contributed by atoms with E-state index < -0.39 is 10.0 Å². The van der Waals surface area contributed by atoms with Crippen LogP contribution in [0.15, 0.2) is 9.00 Å². The summed E-state index contributed by atoms with van der Waals surface area (Å²) in [6, 6.07) is 0.611. The molecule has 0 atom stereocenters. The molecule has 2 N–H and O–H groups in total. The first-order valence-electron chi connectivity index (χ1n) is 5.80. The summed E-state index contributed by atoms with van der Waals surface area (Å²) in [4.78, 5) is 15.4. The molecule has 0 amide bonds. The van der Waals surface area contributed by atoms with E-state index in [1.807, 2.05) is 7.05 Å². The van der Waals surface area contributed by atoms with Gasteiger partial charge in [-0.05, 0) is 26.8 Å². The van der Waals surface area contributed by atoms with Crippen LogP contribution in [0.4, 0.5) is 0 Å². The molecular weight excluding hydrogens is 274 g/mol. The summed E-state index contributed by atoms with van der Waals surface area (Å²) in [5.74, 6) is 0. The number of aryl methyl sites for hydroxylation is 1. The third kappa shape index (κ3) is 3.19. The highest BCUT2D eigenvalue weighted by atomic mass is 32.2. The number of H-pyrrole nitrogens is 1. The van der Waals surface area contributed by atoms with E-state index in [1.54, 1.807) is 6.92 Å². The highest BCUT2D eigenvalue weighted by molar-refractivity contribution is 7.91. The quantitative estimate of drug-likeness (QED) is 0.780.